The van der Waals surface area contributed by atoms with Crippen LogP contribution in [-0.2, 0) is 10.0 Å². The molecule has 25 heavy (non-hydrogen) atoms. The molecule has 1 aromatic heterocycles. The molecule has 0 radical (unpaired) electrons. The molecule has 1 heterocycles. The maximum atomic E-state index is 12.9. The SMILES string of the molecule is Cc1nc(C(NS(=O)(=O)c2c(Cl)cccc2Cl)c2ccccc2)n[nH]1. The van der Waals surface area contributed by atoms with Crippen LogP contribution in [0.5, 0.6) is 0 Å². The molecule has 0 bridgehead atoms. The van der Waals surface area contributed by atoms with Crippen LogP contribution in [0.2, 0.25) is 10.0 Å². The van der Waals surface area contributed by atoms with Crippen LogP contribution in [0.1, 0.15) is 23.3 Å². The van der Waals surface area contributed by atoms with Crippen molar-refractivity contribution in [3.05, 3.63) is 75.8 Å². The third-order valence-electron chi connectivity index (χ3n) is 3.47. The van der Waals surface area contributed by atoms with Gasteiger partial charge >= 0.3 is 0 Å². The van der Waals surface area contributed by atoms with Crippen LogP contribution < -0.4 is 4.72 Å². The number of hydrogen-bond acceptors (Lipinski definition) is 4. The molecule has 3 aromatic rings. The number of hydrogen-bond donors (Lipinski definition) is 2. The standard InChI is InChI=1S/C16H14Cl2N4O2S/c1-10-19-16(21-20-10)14(11-6-3-2-4-7-11)22-25(23,24)15-12(17)8-5-9-13(15)18/h2-9,14,22H,1H3,(H,19,20,21). The summed E-state index contributed by atoms with van der Waals surface area (Å²) in [5.41, 5.74) is 0.688. The second kappa shape index (κ2) is 7.13. The van der Waals surface area contributed by atoms with Crippen LogP contribution >= 0.6 is 23.2 Å². The lowest BCUT2D eigenvalue weighted by Gasteiger charge is -2.17. The summed E-state index contributed by atoms with van der Waals surface area (Å²) in [5, 5.41) is 6.88. The number of benzene rings is 2. The van der Waals surface area contributed by atoms with Crippen molar-refractivity contribution in [1.82, 2.24) is 19.9 Å². The van der Waals surface area contributed by atoms with Gasteiger partial charge in [-0.15, -0.1) is 0 Å². The van der Waals surface area contributed by atoms with Gasteiger partial charge in [0.25, 0.3) is 0 Å². The van der Waals surface area contributed by atoms with Gasteiger partial charge in [-0.3, -0.25) is 5.10 Å². The Hall–Kier alpha value is -1.93. The fraction of sp³-hybridized carbons (Fsp3) is 0.125. The highest BCUT2D eigenvalue weighted by atomic mass is 35.5. The summed E-state index contributed by atoms with van der Waals surface area (Å²) in [4.78, 5) is 4.08. The van der Waals surface area contributed by atoms with Gasteiger partial charge in [0.2, 0.25) is 10.0 Å². The predicted octanol–water partition coefficient (Wildman–Crippen LogP) is 3.49. The van der Waals surface area contributed by atoms with Crippen molar-refractivity contribution in [3.63, 3.8) is 0 Å². The van der Waals surface area contributed by atoms with E-state index < -0.39 is 16.1 Å². The molecular weight excluding hydrogens is 383 g/mol. The number of nitrogens with one attached hydrogen (secondary N) is 2. The highest BCUT2D eigenvalue weighted by molar-refractivity contribution is 7.89. The molecule has 9 heteroatoms. The zero-order valence-corrected chi connectivity index (χ0v) is 15.4. The molecule has 0 aliphatic carbocycles. The molecule has 0 amide bonds. The number of sulfonamides is 1. The van der Waals surface area contributed by atoms with E-state index in [1.807, 2.05) is 6.07 Å². The Morgan fingerprint density at radius 2 is 1.68 bits per heavy atom. The Labute approximate surface area is 155 Å². The summed E-state index contributed by atoms with van der Waals surface area (Å²) < 4.78 is 28.4. The van der Waals surface area contributed by atoms with Gasteiger partial charge in [0.15, 0.2) is 5.82 Å². The number of aryl methyl sites for hydroxylation is 1. The molecule has 2 aromatic carbocycles. The molecule has 0 saturated heterocycles. The normalized spacial score (nSPS) is 12.9. The van der Waals surface area contributed by atoms with Crippen LogP contribution in [0.25, 0.3) is 0 Å². The lowest BCUT2D eigenvalue weighted by molar-refractivity contribution is 0.567. The van der Waals surface area contributed by atoms with E-state index in [0.29, 0.717) is 17.2 Å². The third-order valence-corrected chi connectivity index (χ3v) is 5.84. The topological polar surface area (TPSA) is 87.7 Å². The fourth-order valence-electron chi connectivity index (χ4n) is 2.36. The second-order valence-electron chi connectivity index (χ2n) is 5.29. The number of halogens is 2. The van der Waals surface area contributed by atoms with E-state index in [2.05, 4.69) is 19.9 Å². The number of rotatable bonds is 5. The van der Waals surface area contributed by atoms with E-state index in [4.69, 9.17) is 23.2 Å². The van der Waals surface area contributed by atoms with E-state index >= 15 is 0 Å². The summed E-state index contributed by atoms with van der Waals surface area (Å²) in [5.74, 6) is 0.876. The minimum atomic E-state index is -4.02. The monoisotopic (exact) mass is 396 g/mol. The third kappa shape index (κ3) is 3.85. The number of nitrogens with zero attached hydrogens (tertiary/aromatic N) is 2. The van der Waals surface area contributed by atoms with Crippen LogP contribution in [0.3, 0.4) is 0 Å². The maximum Gasteiger partial charge on any atom is 0.244 e. The van der Waals surface area contributed by atoms with Gasteiger partial charge in [-0.25, -0.2) is 13.4 Å². The highest BCUT2D eigenvalue weighted by Gasteiger charge is 2.28. The van der Waals surface area contributed by atoms with Crippen molar-refractivity contribution in [2.75, 3.05) is 0 Å². The molecule has 1 unspecified atom stereocenters. The molecular formula is C16H14Cl2N4O2S. The van der Waals surface area contributed by atoms with Crippen molar-refractivity contribution in [3.8, 4) is 0 Å². The van der Waals surface area contributed by atoms with Gasteiger partial charge in [0.05, 0.1) is 10.0 Å². The Morgan fingerprint density at radius 1 is 1.04 bits per heavy atom. The number of aromatic nitrogens is 3. The molecule has 6 nitrogen and oxygen atoms in total. The summed E-state index contributed by atoms with van der Waals surface area (Å²) in [6.07, 6.45) is 0. The lowest BCUT2D eigenvalue weighted by atomic mass is 10.1. The van der Waals surface area contributed by atoms with Crippen molar-refractivity contribution in [1.29, 1.82) is 0 Å². The van der Waals surface area contributed by atoms with E-state index in [-0.39, 0.29) is 14.9 Å². The average molecular weight is 397 g/mol. The largest absolute Gasteiger partial charge is 0.263 e. The van der Waals surface area contributed by atoms with E-state index in [0.717, 1.165) is 0 Å². The second-order valence-corrected chi connectivity index (χ2v) is 7.76. The molecule has 0 aliphatic rings. The predicted molar refractivity (Wildman–Crippen MR) is 96.2 cm³/mol. The van der Waals surface area contributed by atoms with Crippen LogP contribution in [0.15, 0.2) is 53.4 Å². The van der Waals surface area contributed by atoms with Crippen molar-refractivity contribution < 1.29 is 8.42 Å². The first kappa shape index (κ1) is 17.9. The molecule has 2 N–H and O–H groups in total. The maximum absolute atomic E-state index is 12.9. The average Bonchev–Trinajstić information content (AvgIpc) is 2.99. The highest BCUT2D eigenvalue weighted by Crippen LogP contribution is 2.31. The Bertz CT molecular complexity index is 970. The van der Waals surface area contributed by atoms with Gasteiger partial charge in [-0.1, -0.05) is 59.6 Å². The van der Waals surface area contributed by atoms with Gasteiger partial charge in [-0.2, -0.15) is 9.82 Å². The van der Waals surface area contributed by atoms with Crippen molar-refractivity contribution in [2.24, 2.45) is 0 Å². The molecule has 3 rings (SSSR count). The van der Waals surface area contributed by atoms with Crippen LogP contribution in [-0.4, -0.2) is 23.6 Å². The van der Waals surface area contributed by atoms with E-state index in [1.165, 1.54) is 12.1 Å². The molecule has 0 spiro atoms. The molecule has 0 saturated carbocycles. The van der Waals surface area contributed by atoms with E-state index in [9.17, 15) is 8.42 Å². The lowest BCUT2D eigenvalue weighted by Crippen LogP contribution is -2.30. The van der Waals surface area contributed by atoms with Crippen LogP contribution in [0, 0.1) is 6.92 Å². The van der Waals surface area contributed by atoms with Crippen LogP contribution in [0.4, 0.5) is 0 Å². The zero-order chi connectivity index (χ0) is 18.0. The summed E-state index contributed by atoms with van der Waals surface area (Å²) in [7, 11) is -4.02. The van der Waals surface area contributed by atoms with Gasteiger partial charge in [-0.05, 0) is 24.6 Å². The van der Waals surface area contributed by atoms with Crippen molar-refractivity contribution in [2.45, 2.75) is 17.9 Å². The molecule has 1 atom stereocenters. The minimum absolute atomic E-state index is 0.0398. The molecule has 0 fully saturated rings. The first-order chi connectivity index (χ1) is 11.9. The van der Waals surface area contributed by atoms with Gasteiger partial charge in [0, 0.05) is 0 Å². The summed E-state index contributed by atoms with van der Waals surface area (Å²) >= 11 is 12.1. The number of H-pyrrole nitrogens is 1. The Kier molecular flexibility index (Phi) is 5.10. The Morgan fingerprint density at radius 3 is 2.24 bits per heavy atom. The summed E-state index contributed by atoms with van der Waals surface area (Å²) in [6, 6.07) is 12.7. The Balaban J connectivity index is 2.06. The van der Waals surface area contributed by atoms with E-state index in [1.54, 1.807) is 37.3 Å². The summed E-state index contributed by atoms with van der Waals surface area (Å²) in [6.45, 7) is 1.73. The van der Waals surface area contributed by atoms with Gasteiger partial charge < -0.3 is 0 Å². The zero-order valence-electron chi connectivity index (χ0n) is 13.1. The first-order valence-corrected chi connectivity index (χ1v) is 9.52. The van der Waals surface area contributed by atoms with Gasteiger partial charge in [0.1, 0.15) is 16.8 Å². The van der Waals surface area contributed by atoms with Crippen molar-refractivity contribution >= 4 is 33.2 Å². The fourth-order valence-corrected chi connectivity index (χ4v) is 4.68. The number of aromatic amines is 1. The minimum Gasteiger partial charge on any atom is -0.263 e. The molecule has 130 valence electrons. The molecule has 0 aliphatic heterocycles. The smallest absolute Gasteiger partial charge is 0.244 e. The first-order valence-electron chi connectivity index (χ1n) is 7.28. The quantitative estimate of drug-likeness (QED) is 0.690.